The molecule has 0 unspecified atom stereocenters. The largest absolute Gasteiger partial charge is 0.344 e. The summed E-state index contributed by atoms with van der Waals surface area (Å²) >= 11 is 0. The summed E-state index contributed by atoms with van der Waals surface area (Å²) in [5.74, 6) is -0.806. The van der Waals surface area contributed by atoms with Crippen LogP contribution in [0.4, 0.5) is 4.39 Å². The summed E-state index contributed by atoms with van der Waals surface area (Å²) in [6.45, 7) is 1.67. The number of rotatable bonds is 5. The number of carbonyl (C=O) groups excluding carboxylic acids is 1. The molecule has 158 valence electrons. The van der Waals surface area contributed by atoms with Gasteiger partial charge in [0, 0.05) is 11.6 Å². The molecule has 0 fully saturated rings. The van der Waals surface area contributed by atoms with Crippen molar-refractivity contribution in [1.29, 1.82) is 0 Å². The summed E-state index contributed by atoms with van der Waals surface area (Å²) in [5.41, 5.74) is 1.80. The Morgan fingerprint density at radius 1 is 1.13 bits per heavy atom. The van der Waals surface area contributed by atoms with Crippen molar-refractivity contribution in [2.45, 2.75) is 18.0 Å². The molecule has 31 heavy (non-hydrogen) atoms. The summed E-state index contributed by atoms with van der Waals surface area (Å²) < 4.78 is 37.8. The van der Waals surface area contributed by atoms with Crippen molar-refractivity contribution in [2.75, 3.05) is 0 Å². The van der Waals surface area contributed by atoms with Gasteiger partial charge in [0.05, 0.1) is 40.9 Å². The van der Waals surface area contributed by atoms with E-state index in [9.17, 15) is 17.6 Å². The van der Waals surface area contributed by atoms with E-state index in [-0.39, 0.29) is 16.4 Å². The number of pyridine rings is 2. The molecule has 0 spiro atoms. The van der Waals surface area contributed by atoms with Crippen LogP contribution in [0.2, 0.25) is 0 Å². The van der Waals surface area contributed by atoms with Crippen LogP contribution in [0.15, 0.2) is 66.1 Å². The number of nitrogens with one attached hydrogen (secondary N) is 1. The Bertz CT molecular complexity index is 1390. The molecule has 0 aliphatic rings. The number of primary sulfonamides is 1. The Balaban J connectivity index is 1.63. The van der Waals surface area contributed by atoms with Crippen molar-refractivity contribution in [3.63, 3.8) is 0 Å². The number of carbonyl (C=O) groups is 1. The minimum atomic E-state index is -3.96. The summed E-state index contributed by atoms with van der Waals surface area (Å²) in [7, 11) is -3.96. The topological polar surface area (TPSA) is 133 Å². The fourth-order valence-corrected chi connectivity index (χ4v) is 3.59. The summed E-state index contributed by atoms with van der Waals surface area (Å²) in [6, 6.07) is 9.54. The van der Waals surface area contributed by atoms with Crippen LogP contribution in [0.1, 0.15) is 29.0 Å². The van der Waals surface area contributed by atoms with Gasteiger partial charge in [-0.15, -0.1) is 0 Å². The maximum absolute atomic E-state index is 13.2. The average molecular weight is 440 g/mol. The Hall–Kier alpha value is -3.70. The predicted molar refractivity (Wildman–Crippen MR) is 110 cm³/mol. The second-order valence-electron chi connectivity index (χ2n) is 6.79. The molecule has 0 bridgehead atoms. The molecule has 4 aromatic rings. The Morgan fingerprint density at radius 3 is 2.58 bits per heavy atom. The van der Waals surface area contributed by atoms with Crippen molar-refractivity contribution < 1.29 is 17.6 Å². The number of fused-ring (bicyclic) bond motifs is 1. The fraction of sp³-hybridized carbons (Fsp3) is 0.100. The molecule has 0 aliphatic carbocycles. The zero-order chi connectivity index (χ0) is 22.2. The molecule has 0 aliphatic heterocycles. The van der Waals surface area contributed by atoms with Crippen molar-refractivity contribution >= 4 is 26.8 Å². The Kier molecular flexibility index (Phi) is 5.21. The van der Waals surface area contributed by atoms with Crippen molar-refractivity contribution in [3.8, 4) is 5.69 Å². The molecule has 4 rings (SSSR count). The molecular formula is C20H17FN6O3S. The lowest BCUT2D eigenvalue weighted by molar-refractivity contribution is 0.0940. The number of aromatic nitrogens is 4. The number of nitrogens with zero attached hydrogens (tertiary/aromatic N) is 4. The minimum Gasteiger partial charge on any atom is -0.344 e. The minimum absolute atomic E-state index is 0.278. The van der Waals surface area contributed by atoms with E-state index >= 15 is 0 Å². The van der Waals surface area contributed by atoms with Gasteiger partial charge in [-0.1, -0.05) is 6.07 Å². The van der Waals surface area contributed by atoms with Crippen molar-refractivity contribution in [2.24, 2.45) is 5.14 Å². The standard InChI is InChI=1S/C20H17FN6O3S/c1-12(17-3-2-4-19(26-17)31(22,29)30)25-20(28)16-9-23-11-18-15(16)10-24-27(18)14-7-5-13(21)6-8-14/h2-12H,1H3,(H,25,28)(H2,22,29,30)/t12-/m0/s1. The molecule has 3 aromatic heterocycles. The van der Waals surface area contributed by atoms with Crippen LogP contribution in [0.3, 0.4) is 0 Å². The molecule has 9 nitrogen and oxygen atoms in total. The van der Waals surface area contributed by atoms with E-state index in [1.54, 1.807) is 36.0 Å². The second kappa shape index (κ2) is 7.85. The number of sulfonamides is 1. The van der Waals surface area contributed by atoms with E-state index < -0.39 is 22.0 Å². The van der Waals surface area contributed by atoms with E-state index in [0.29, 0.717) is 22.3 Å². The Morgan fingerprint density at radius 2 is 1.87 bits per heavy atom. The zero-order valence-electron chi connectivity index (χ0n) is 16.2. The monoisotopic (exact) mass is 440 g/mol. The molecule has 3 heterocycles. The van der Waals surface area contributed by atoms with Crippen LogP contribution in [0.25, 0.3) is 16.6 Å². The lowest BCUT2D eigenvalue weighted by Crippen LogP contribution is -2.28. The van der Waals surface area contributed by atoms with E-state index in [0.717, 1.165) is 0 Å². The molecule has 0 saturated carbocycles. The summed E-state index contributed by atoms with van der Waals surface area (Å²) in [6.07, 6.45) is 4.50. The van der Waals surface area contributed by atoms with Gasteiger partial charge >= 0.3 is 0 Å². The first-order valence-corrected chi connectivity index (χ1v) is 10.7. The van der Waals surface area contributed by atoms with E-state index in [1.807, 2.05) is 0 Å². The lowest BCUT2D eigenvalue weighted by Gasteiger charge is -2.14. The van der Waals surface area contributed by atoms with Crippen LogP contribution in [0.5, 0.6) is 0 Å². The SMILES string of the molecule is C[C@H](NC(=O)c1cncc2c1cnn2-c1ccc(F)cc1)c1cccc(S(N)(=O)=O)n1. The van der Waals surface area contributed by atoms with Gasteiger partial charge in [0.2, 0.25) is 0 Å². The van der Waals surface area contributed by atoms with Gasteiger partial charge in [-0.25, -0.2) is 27.6 Å². The molecule has 1 aromatic carbocycles. The lowest BCUT2D eigenvalue weighted by atomic mass is 10.1. The van der Waals surface area contributed by atoms with Gasteiger partial charge < -0.3 is 5.32 Å². The number of hydrogen-bond donors (Lipinski definition) is 2. The normalized spacial score (nSPS) is 12.6. The highest BCUT2D eigenvalue weighted by molar-refractivity contribution is 7.89. The van der Waals surface area contributed by atoms with Gasteiger partial charge in [-0.3, -0.25) is 9.78 Å². The molecule has 1 amide bonds. The molecule has 1 atom stereocenters. The first-order valence-electron chi connectivity index (χ1n) is 9.12. The van der Waals surface area contributed by atoms with Gasteiger partial charge in [0.15, 0.2) is 5.03 Å². The smallest absolute Gasteiger partial charge is 0.255 e. The summed E-state index contributed by atoms with van der Waals surface area (Å²) in [4.78, 5) is 21.0. The quantitative estimate of drug-likeness (QED) is 0.488. The van der Waals surface area contributed by atoms with Gasteiger partial charge in [-0.2, -0.15) is 5.10 Å². The van der Waals surface area contributed by atoms with Crippen LogP contribution in [0, 0.1) is 5.82 Å². The van der Waals surface area contributed by atoms with Crippen LogP contribution in [-0.2, 0) is 10.0 Å². The highest BCUT2D eigenvalue weighted by Crippen LogP contribution is 2.22. The first kappa shape index (κ1) is 20.6. The Labute approximate surface area is 176 Å². The zero-order valence-corrected chi connectivity index (χ0v) is 17.0. The van der Waals surface area contributed by atoms with Gasteiger partial charge in [0.1, 0.15) is 5.82 Å². The molecule has 0 radical (unpaired) electrons. The fourth-order valence-electron chi connectivity index (χ4n) is 3.09. The maximum Gasteiger partial charge on any atom is 0.255 e. The van der Waals surface area contributed by atoms with Crippen LogP contribution < -0.4 is 10.5 Å². The average Bonchev–Trinajstić information content (AvgIpc) is 3.18. The predicted octanol–water partition coefficient (Wildman–Crippen LogP) is 2.09. The first-order chi connectivity index (χ1) is 14.7. The maximum atomic E-state index is 13.2. The van der Waals surface area contributed by atoms with E-state index in [2.05, 4.69) is 20.4 Å². The van der Waals surface area contributed by atoms with Crippen LogP contribution >= 0.6 is 0 Å². The second-order valence-corrected chi connectivity index (χ2v) is 8.30. The third-order valence-electron chi connectivity index (χ3n) is 4.64. The number of halogens is 1. The highest BCUT2D eigenvalue weighted by Gasteiger charge is 2.19. The number of hydrogen-bond acceptors (Lipinski definition) is 6. The van der Waals surface area contributed by atoms with Crippen LogP contribution in [-0.4, -0.2) is 34.1 Å². The number of amides is 1. The van der Waals surface area contributed by atoms with Gasteiger partial charge in [-0.05, 0) is 43.3 Å². The van der Waals surface area contributed by atoms with E-state index in [4.69, 9.17) is 5.14 Å². The number of nitrogens with two attached hydrogens (primary N) is 1. The molecular weight excluding hydrogens is 423 g/mol. The highest BCUT2D eigenvalue weighted by atomic mass is 32.2. The number of benzene rings is 1. The molecule has 11 heteroatoms. The molecule has 3 N–H and O–H groups in total. The third-order valence-corrected chi connectivity index (χ3v) is 5.45. The van der Waals surface area contributed by atoms with E-state index in [1.165, 1.54) is 36.7 Å². The molecule has 0 saturated heterocycles. The summed E-state index contributed by atoms with van der Waals surface area (Å²) in [5, 5.41) is 12.5. The van der Waals surface area contributed by atoms with Crippen molar-refractivity contribution in [1.82, 2.24) is 25.1 Å². The third kappa shape index (κ3) is 4.13. The van der Waals surface area contributed by atoms with Crippen molar-refractivity contribution in [3.05, 3.63) is 78.1 Å². The van der Waals surface area contributed by atoms with Gasteiger partial charge in [0.25, 0.3) is 15.9 Å².